The van der Waals surface area contributed by atoms with E-state index < -0.39 is 11.4 Å². The van der Waals surface area contributed by atoms with Gasteiger partial charge < -0.3 is 10.4 Å². The van der Waals surface area contributed by atoms with E-state index >= 15 is 0 Å². The average molecular weight is 219 g/mol. The molecule has 84 valence electrons. The van der Waals surface area contributed by atoms with Gasteiger partial charge in [-0.15, -0.1) is 0 Å². The van der Waals surface area contributed by atoms with E-state index in [1.54, 1.807) is 13.8 Å². The summed E-state index contributed by atoms with van der Waals surface area (Å²) < 4.78 is 0. The molecule has 4 heteroatoms. The Morgan fingerprint density at radius 3 is 2.57 bits per heavy atom. The zero-order chi connectivity index (χ0) is 11.0. The van der Waals surface area contributed by atoms with Crippen LogP contribution in [0.4, 0.5) is 0 Å². The molecule has 3 nitrogen and oxygen atoms in total. The molecule has 0 aromatic rings. The van der Waals surface area contributed by atoms with Gasteiger partial charge in [-0.3, -0.25) is 4.79 Å². The standard InChI is InChI=1S/C10H21NO2S/c1-4-14-8-7-11-6-5-10(2,3)9(12)13/h11H,4-8H2,1-3H3,(H,12,13). The van der Waals surface area contributed by atoms with Crippen LogP contribution in [0.1, 0.15) is 27.2 Å². The van der Waals surface area contributed by atoms with Gasteiger partial charge >= 0.3 is 5.97 Å². The number of rotatable bonds is 8. The molecule has 0 aliphatic rings. The molecule has 14 heavy (non-hydrogen) atoms. The highest BCUT2D eigenvalue weighted by Crippen LogP contribution is 2.19. The fraction of sp³-hybridized carbons (Fsp3) is 0.900. The summed E-state index contributed by atoms with van der Waals surface area (Å²) in [4.78, 5) is 10.8. The van der Waals surface area contributed by atoms with Crippen LogP contribution in [0, 0.1) is 5.41 Å². The van der Waals surface area contributed by atoms with Crippen LogP contribution in [0.5, 0.6) is 0 Å². The van der Waals surface area contributed by atoms with Crippen molar-refractivity contribution in [1.82, 2.24) is 5.32 Å². The van der Waals surface area contributed by atoms with Crippen LogP contribution in [-0.2, 0) is 4.79 Å². The summed E-state index contributed by atoms with van der Waals surface area (Å²) in [5, 5.41) is 12.1. The summed E-state index contributed by atoms with van der Waals surface area (Å²) in [6.45, 7) is 7.41. The van der Waals surface area contributed by atoms with Crippen LogP contribution in [0.25, 0.3) is 0 Å². The first-order valence-corrected chi connectivity index (χ1v) is 6.18. The van der Waals surface area contributed by atoms with E-state index in [9.17, 15) is 4.79 Å². The van der Waals surface area contributed by atoms with Crippen LogP contribution in [-0.4, -0.2) is 35.7 Å². The van der Waals surface area contributed by atoms with Crippen LogP contribution in [0.15, 0.2) is 0 Å². The van der Waals surface area contributed by atoms with Gasteiger partial charge in [-0.25, -0.2) is 0 Å². The van der Waals surface area contributed by atoms with E-state index in [1.165, 1.54) is 0 Å². The number of nitrogens with one attached hydrogen (secondary N) is 1. The molecule has 0 fully saturated rings. The molecule has 0 rings (SSSR count). The minimum absolute atomic E-state index is 0.606. The number of carbonyl (C=O) groups is 1. The summed E-state index contributed by atoms with van der Waals surface area (Å²) >= 11 is 1.89. The van der Waals surface area contributed by atoms with Crippen molar-refractivity contribution in [3.05, 3.63) is 0 Å². The van der Waals surface area contributed by atoms with Crippen molar-refractivity contribution in [2.45, 2.75) is 27.2 Å². The van der Waals surface area contributed by atoms with Crippen LogP contribution in [0.3, 0.4) is 0 Å². The molecule has 0 amide bonds. The highest BCUT2D eigenvalue weighted by molar-refractivity contribution is 7.99. The first-order chi connectivity index (χ1) is 6.50. The van der Waals surface area contributed by atoms with Crippen molar-refractivity contribution in [3.63, 3.8) is 0 Å². The van der Waals surface area contributed by atoms with Crippen molar-refractivity contribution in [2.75, 3.05) is 24.6 Å². The Balaban J connectivity index is 3.40. The van der Waals surface area contributed by atoms with Crippen LogP contribution in [0.2, 0.25) is 0 Å². The Labute approximate surface area is 90.7 Å². The van der Waals surface area contributed by atoms with Gasteiger partial charge in [0.15, 0.2) is 0 Å². The molecule has 2 N–H and O–H groups in total. The fourth-order valence-corrected chi connectivity index (χ4v) is 1.50. The number of carboxylic acids is 1. The highest BCUT2D eigenvalue weighted by Gasteiger charge is 2.25. The molecule has 0 bridgehead atoms. The predicted molar refractivity (Wildman–Crippen MR) is 61.9 cm³/mol. The molecule has 0 radical (unpaired) electrons. The summed E-state index contributed by atoms with van der Waals surface area (Å²) in [7, 11) is 0. The Bertz CT molecular complexity index is 172. The zero-order valence-electron chi connectivity index (χ0n) is 9.30. The maximum atomic E-state index is 10.8. The molecule has 0 heterocycles. The van der Waals surface area contributed by atoms with Gasteiger partial charge in [-0.2, -0.15) is 11.8 Å². The first-order valence-electron chi connectivity index (χ1n) is 5.02. The number of carboxylic acid groups (broad SMARTS) is 1. The second-order valence-corrected chi connectivity index (χ2v) is 5.28. The molecule has 0 aliphatic heterocycles. The van der Waals surface area contributed by atoms with E-state index in [1.807, 2.05) is 11.8 Å². The molecule has 0 aliphatic carbocycles. The second kappa shape index (κ2) is 7.12. The summed E-state index contributed by atoms with van der Waals surface area (Å²) in [5.74, 6) is 1.52. The van der Waals surface area contributed by atoms with Crippen molar-refractivity contribution < 1.29 is 9.90 Å². The molecule has 0 saturated carbocycles. The fourth-order valence-electron chi connectivity index (χ4n) is 0.921. The Hall–Kier alpha value is -0.220. The molecule has 0 saturated heterocycles. The maximum absolute atomic E-state index is 10.8. The third kappa shape index (κ3) is 6.27. The lowest BCUT2D eigenvalue weighted by Crippen LogP contribution is -2.29. The van der Waals surface area contributed by atoms with Crippen molar-refractivity contribution >= 4 is 17.7 Å². The maximum Gasteiger partial charge on any atom is 0.309 e. The smallest absolute Gasteiger partial charge is 0.309 e. The van der Waals surface area contributed by atoms with Gasteiger partial charge in [0, 0.05) is 12.3 Å². The van der Waals surface area contributed by atoms with E-state index in [2.05, 4.69) is 12.2 Å². The topological polar surface area (TPSA) is 49.3 Å². The minimum atomic E-state index is -0.720. The van der Waals surface area contributed by atoms with Gasteiger partial charge in [-0.05, 0) is 32.6 Å². The monoisotopic (exact) mass is 219 g/mol. The summed E-state index contributed by atoms with van der Waals surface area (Å²) in [5.41, 5.74) is -0.606. The number of hydrogen-bond donors (Lipinski definition) is 2. The molecule has 0 unspecified atom stereocenters. The largest absolute Gasteiger partial charge is 0.481 e. The highest BCUT2D eigenvalue weighted by atomic mass is 32.2. The summed E-state index contributed by atoms with van der Waals surface area (Å²) in [6, 6.07) is 0. The number of thioether (sulfide) groups is 1. The molecule has 0 spiro atoms. The molecule has 0 atom stereocenters. The first kappa shape index (κ1) is 13.8. The van der Waals surface area contributed by atoms with E-state index in [0.29, 0.717) is 6.42 Å². The normalized spacial score (nSPS) is 11.6. The van der Waals surface area contributed by atoms with Crippen molar-refractivity contribution in [1.29, 1.82) is 0 Å². The predicted octanol–water partition coefficient (Wildman–Crippen LogP) is 1.83. The lowest BCUT2D eigenvalue weighted by Gasteiger charge is -2.18. The van der Waals surface area contributed by atoms with Gasteiger partial charge in [0.25, 0.3) is 0 Å². The molecule has 0 aromatic heterocycles. The van der Waals surface area contributed by atoms with E-state index in [4.69, 9.17) is 5.11 Å². The average Bonchev–Trinajstić information content (AvgIpc) is 2.10. The number of hydrogen-bond acceptors (Lipinski definition) is 3. The lowest BCUT2D eigenvalue weighted by atomic mass is 9.90. The van der Waals surface area contributed by atoms with E-state index in [-0.39, 0.29) is 0 Å². The lowest BCUT2D eigenvalue weighted by molar-refractivity contribution is -0.147. The van der Waals surface area contributed by atoms with Gasteiger partial charge in [0.1, 0.15) is 0 Å². The van der Waals surface area contributed by atoms with Crippen LogP contribution >= 0.6 is 11.8 Å². The van der Waals surface area contributed by atoms with Crippen molar-refractivity contribution in [2.24, 2.45) is 5.41 Å². The summed E-state index contributed by atoms with van der Waals surface area (Å²) in [6.07, 6.45) is 0.680. The van der Waals surface area contributed by atoms with Gasteiger partial charge in [-0.1, -0.05) is 6.92 Å². The SMILES string of the molecule is CCSCCNCCC(C)(C)C(=O)O. The third-order valence-electron chi connectivity index (χ3n) is 2.13. The second-order valence-electron chi connectivity index (χ2n) is 3.89. The van der Waals surface area contributed by atoms with E-state index in [0.717, 1.165) is 24.6 Å². The molecular formula is C10H21NO2S. The van der Waals surface area contributed by atoms with Gasteiger partial charge in [0.2, 0.25) is 0 Å². The Kier molecular flexibility index (Phi) is 7.01. The molecular weight excluding hydrogens is 198 g/mol. The van der Waals surface area contributed by atoms with Crippen LogP contribution < -0.4 is 5.32 Å². The zero-order valence-corrected chi connectivity index (χ0v) is 10.1. The third-order valence-corrected chi connectivity index (χ3v) is 3.03. The molecule has 0 aromatic carbocycles. The quantitative estimate of drug-likeness (QED) is 0.612. The Morgan fingerprint density at radius 2 is 2.07 bits per heavy atom. The van der Waals surface area contributed by atoms with Gasteiger partial charge in [0.05, 0.1) is 5.41 Å². The minimum Gasteiger partial charge on any atom is -0.481 e. The Morgan fingerprint density at radius 1 is 1.43 bits per heavy atom. The van der Waals surface area contributed by atoms with Crippen molar-refractivity contribution in [3.8, 4) is 0 Å². The number of aliphatic carboxylic acids is 1.